The first-order valence-electron chi connectivity index (χ1n) is 10.6. The number of hydrogen-bond donors (Lipinski definition) is 1. The van der Waals surface area contributed by atoms with E-state index in [-0.39, 0.29) is 12.2 Å². The predicted molar refractivity (Wildman–Crippen MR) is 124 cm³/mol. The fourth-order valence-corrected chi connectivity index (χ4v) is 5.45. The molecule has 1 fully saturated rings. The number of fused-ring (bicyclic) bond motifs is 1. The summed E-state index contributed by atoms with van der Waals surface area (Å²) < 4.78 is 12.6. The van der Waals surface area contributed by atoms with E-state index in [9.17, 15) is 9.90 Å². The number of nitrogens with zero attached hydrogens (tertiary/aromatic N) is 1. The van der Waals surface area contributed by atoms with Crippen molar-refractivity contribution in [3.8, 4) is 11.5 Å². The van der Waals surface area contributed by atoms with Gasteiger partial charge < -0.3 is 19.1 Å². The number of carbonyl (C=O) groups excluding carboxylic acids is 1. The van der Waals surface area contributed by atoms with E-state index in [1.165, 1.54) is 16.9 Å². The number of aliphatic hydroxyl groups is 1. The minimum absolute atomic E-state index is 0.000737. The van der Waals surface area contributed by atoms with Crippen LogP contribution in [0.3, 0.4) is 0 Å². The first-order valence-corrected chi connectivity index (χ1v) is 11.4. The number of methoxy groups -OCH3 is 2. The summed E-state index contributed by atoms with van der Waals surface area (Å²) in [5.74, 6) is 1.30. The number of ketones is 1. The molecule has 4 rings (SSSR count). The molecule has 6 heteroatoms. The van der Waals surface area contributed by atoms with E-state index in [0.29, 0.717) is 29.2 Å². The van der Waals surface area contributed by atoms with Crippen LogP contribution in [0.1, 0.15) is 34.5 Å². The van der Waals surface area contributed by atoms with E-state index in [0.717, 1.165) is 34.2 Å². The van der Waals surface area contributed by atoms with Crippen LogP contribution in [0.2, 0.25) is 0 Å². The van der Waals surface area contributed by atoms with Crippen molar-refractivity contribution >= 4 is 27.2 Å². The molecule has 0 radical (unpaired) electrons. The van der Waals surface area contributed by atoms with Crippen molar-refractivity contribution in [1.82, 2.24) is 0 Å². The molecule has 1 aromatic heterocycles. The summed E-state index contributed by atoms with van der Waals surface area (Å²) in [5.41, 5.74) is 0.375. The van der Waals surface area contributed by atoms with Gasteiger partial charge in [-0.15, -0.1) is 11.3 Å². The molecule has 1 aliphatic rings. The fraction of sp³-hybridized carbons (Fsp3) is 0.400. The second-order valence-electron chi connectivity index (χ2n) is 8.89. The van der Waals surface area contributed by atoms with Crippen molar-refractivity contribution < 1.29 is 23.9 Å². The Hall–Kier alpha value is -2.41. The Morgan fingerprint density at radius 2 is 1.71 bits per heavy atom. The molecular formula is C25H30NO4S+. The van der Waals surface area contributed by atoms with Gasteiger partial charge in [0.15, 0.2) is 17.3 Å². The van der Waals surface area contributed by atoms with E-state index in [2.05, 4.69) is 31.3 Å². The topological polar surface area (TPSA) is 55.8 Å². The van der Waals surface area contributed by atoms with Crippen LogP contribution in [0.25, 0.3) is 10.1 Å². The summed E-state index contributed by atoms with van der Waals surface area (Å²) in [6, 6.07) is 16.2. The number of ether oxygens (including phenoxy) is 2. The molecule has 0 unspecified atom stereocenters. The zero-order valence-corrected chi connectivity index (χ0v) is 19.2. The molecule has 0 spiro atoms. The van der Waals surface area contributed by atoms with E-state index in [4.69, 9.17) is 9.47 Å². The first kappa shape index (κ1) is 21.8. The molecule has 1 saturated heterocycles. The van der Waals surface area contributed by atoms with Crippen LogP contribution in [0.15, 0.2) is 48.5 Å². The molecule has 164 valence electrons. The van der Waals surface area contributed by atoms with Crippen LogP contribution in [-0.4, -0.2) is 55.3 Å². The van der Waals surface area contributed by atoms with Crippen molar-refractivity contribution in [3.63, 3.8) is 0 Å². The second-order valence-corrected chi connectivity index (χ2v) is 9.97. The molecule has 1 aliphatic heterocycles. The summed E-state index contributed by atoms with van der Waals surface area (Å²) in [7, 11) is 5.44. The first-order chi connectivity index (χ1) is 14.8. The lowest BCUT2D eigenvalue weighted by molar-refractivity contribution is -0.929. The summed E-state index contributed by atoms with van der Waals surface area (Å²) in [6.07, 6.45) is 1.43. The van der Waals surface area contributed by atoms with Crippen molar-refractivity contribution in [2.45, 2.75) is 31.4 Å². The highest BCUT2D eigenvalue weighted by atomic mass is 32.1. The van der Waals surface area contributed by atoms with Gasteiger partial charge in [-0.2, -0.15) is 0 Å². The van der Waals surface area contributed by atoms with Gasteiger partial charge in [-0.25, -0.2) is 0 Å². The average Bonchev–Trinajstić information content (AvgIpc) is 3.19. The maximum absolute atomic E-state index is 13.0. The average molecular weight is 441 g/mol. The zero-order valence-electron chi connectivity index (χ0n) is 18.4. The van der Waals surface area contributed by atoms with E-state index < -0.39 is 5.60 Å². The minimum Gasteiger partial charge on any atom is -0.493 e. The van der Waals surface area contributed by atoms with Gasteiger partial charge in [0, 0.05) is 35.6 Å². The standard InChI is InChI=1S/C25H30NO4S/c1-26(17-18-7-5-4-6-8-18)11-9-25(28,10-12-26)16-20(27)24-14-19-13-21(29-2)22(30-3)15-23(19)31-24/h4-8,13-15,28H,9-12,16-17H2,1-3H3/q+1. The number of thiophene rings is 1. The quantitative estimate of drug-likeness (QED) is 0.429. The van der Waals surface area contributed by atoms with Gasteiger partial charge in [-0.1, -0.05) is 30.3 Å². The van der Waals surface area contributed by atoms with Gasteiger partial charge >= 0.3 is 0 Å². The Labute approximate surface area is 187 Å². The van der Waals surface area contributed by atoms with Crippen molar-refractivity contribution in [3.05, 3.63) is 59.0 Å². The molecule has 3 aromatic rings. The molecule has 0 atom stereocenters. The van der Waals surface area contributed by atoms with E-state index in [1.54, 1.807) is 14.2 Å². The highest BCUT2D eigenvalue weighted by Crippen LogP contribution is 2.38. The molecular weight excluding hydrogens is 410 g/mol. The van der Waals surface area contributed by atoms with Crippen LogP contribution >= 0.6 is 11.3 Å². The monoisotopic (exact) mass is 440 g/mol. The number of quaternary nitrogens is 1. The van der Waals surface area contributed by atoms with Gasteiger partial charge in [-0.05, 0) is 17.5 Å². The SMILES string of the molecule is COc1cc2cc(C(=O)CC3(O)CC[N+](C)(Cc4ccccc4)CC3)sc2cc1OC. The minimum atomic E-state index is -0.933. The summed E-state index contributed by atoms with van der Waals surface area (Å²) in [6.45, 7) is 2.67. The Kier molecular flexibility index (Phi) is 6.06. The lowest BCUT2D eigenvalue weighted by atomic mass is 9.85. The maximum Gasteiger partial charge on any atom is 0.175 e. The highest BCUT2D eigenvalue weighted by molar-refractivity contribution is 7.20. The highest BCUT2D eigenvalue weighted by Gasteiger charge is 2.40. The van der Waals surface area contributed by atoms with Crippen LogP contribution in [0.5, 0.6) is 11.5 Å². The van der Waals surface area contributed by atoms with Gasteiger partial charge in [0.05, 0.1) is 44.8 Å². The lowest BCUT2D eigenvalue weighted by Gasteiger charge is -2.44. The number of hydrogen-bond acceptors (Lipinski definition) is 5. The number of Topliss-reactive ketones (excluding diaryl/α,β-unsaturated/α-hetero) is 1. The van der Waals surface area contributed by atoms with Crippen LogP contribution in [-0.2, 0) is 6.54 Å². The molecule has 5 nitrogen and oxygen atoms in total. The van der Waals surface area contributed by atoms with Crippen LogP contribution in [0.4, 0.5) is 0 Å². The van der Waals surface area contributed by atoms with Crippen LogP contribution < -0.4 is 9.47 Å². The number of likely N-dealkylation sites (tertiary alicyclic amines) is 1. The number of rotatable bonds is 7. The smallest absolute Gasteiger partial charge is 0.175 e. The number of piperidine rings is 1. The van der Waals surface area contributed by atoms with Crippen molar-refractivity contribution in [1.29, 1.82) is 0 Å². The van der Waals surface area contributed by atoms with Crippen molar-refractivity contribution in [2.75, 3.05) is 34.4 Å². The molecule has 0 aliphatic carbocycles. The van der Waals surface area contributed by atoms with Crippen molar-refractivity contribution in [2.24, 2.45) is 0 Å². The van der Waals surface area contributed by atoms with E-state index in [1.807, 2.05) is 24.3 Å². The Morgan fingerprint density at radius 3 is 2.35 bits per heavy atom. The Balaban J connectivity index is 1.44. The fourth-order valence-electron chi connectivity index (χ4n) is 4.44. The molecule has 2 heterocycles. The second kappa shape index (κ2) is 8.61. The van der Waals surface area contributed by atoms with Gasteiger partial charge in [0.2, 0.25) is 0 Å². The van der Waals surface area contributed by atoms with Crippen LogP contribution in [0, 0.1) is 0 Å². The lowest BCUT2D eigenvalue weighted by Crippen LogP contribution is -2.54. The summed E-state index contributed by atoms with van der Waals surface area (Å²) >= 11 is 1.44. The Bertz CT molecular complexity index is 1030. The van der Waals surface area contributed by atoms with E-state index >= 15 is 0 Å². The molecule has 0 amide bonds. The Morgan fingerprint density at radius 1 is 1.06 bits per heavy atom. The largest absolute Gasteiger partial charge is 0.493 e. The molecule has 1 N–H and O–H groups in total. The molecule has 0 saturated carbocycles. The third kappa shape index (κ3) is 4.76. The van der Waals surface area contributed by atoms with Gasteiger partial charge in [0.25, 0.3) is 0 Å². The number of benzene rings is 2. The third-order valence-corrected chi connectivity index (χ3v) is 7.57. The third-order valence-electron chi connectivity index (χ3n) is 6.43. The summed E-state index contributed by atoms with van der Waals surface area (Å²) in [5, 5.41) is 12.1. The number of carbonyl (C=O) groups is 1. The maximum atomic E-state index is 13.0. The zero-order chi connectivity index (χ0) is 22.1. The molecule has 31 heavy (non-hydrogen) atoms. The predicted octanol–water partition coefficient (Wildman–Crippen LogP) is 4.66. The molecule has 2 aromatic carbocycles. The summed E-state index contributed by atoms with van der Waals surface area (Å²) in [4.78, 5) is 13.7. The van der Waals surface area contributed by atoms with Gasteiger partial charge in [0.1, 0.15) is 6.54 Å². The molecule has 0 bridgehead atoms. The normalized spacial score (nSPS) is 23.6. The van der Waals surface area contributed by atoms with Gasteiger partial charge in [-0.3, -0.25) is 4.79 Å².